The van der Waals surface area contributed by atoms with Crippen LogP contribution in [-0.4, -0.2) is 36.3 Å². The van der Waals surface area contributed by atoms with Gasteiger partial charge in [0.2, 0.25) is 11.8 Å². The molecule has 2 amide bonds. The molecule has 2 atom stereocenters. The van der Waals surface area contributed by atoms with Crippen LogP contribution in [0.4, 0.5) is 5.69 Å². The van der Waals surface area contributed by atoms with Gasteiger partial charge in [-0.05, 0) is 50.7 Å². The Balaban J connectivity index is 1.95. The molecule has 9 heteroatoms. The summed E-state index contributed by atoms with van der Waals surface area (Å²) in [6.07, 6.45) is 0. The molecule has 2 rings (SSSR count). The number of amides is 2. The van der Waals surface area contributed by atoms with Gasteiger partial charge in [0.25, 0.3) is 0 Å². The lowest BCUT2D eigenvalue weighted by molar-refractivity contribution is -0.127. The van der Waals surface area contributed by atoms with E-state index < -0.39 is 6.04 Å². The molecule has 0 aliphatic heterocycles. The fraction of sp³-hybridized carbons (Fsp3) is 0.300. The average Bonchev–Trinajstić information content (AvgIpc) is 2.63. The summed E-state index contributed by atoms with van der Waals surface area (Å²) < 4.78 is 0. The Morgan fingerprint density at radius 3 is 2.21 bits per heavy atom. The zero-order chi connectivity index (χ0) is 21.7. The summed E-state index contributed by atoms with van der Waals surface area (Å²) >= 11 is 24.2. The molecule has 0 aliphatic carbocycles. The maximum Gasteiger partial charge on any atom is 0.238 e. The lowest BCUT2D eigenvalue weighted by Gasteiger charge is -2.25. The summed E-state index contributed by atoms with van der Waals surface area (Å²) in [5.74, 6) is -0.578. The van der Waals surface area contributed by atoms with Crippen LogP contribution in [0.1, 0.15) is 25.5 Å². The van der Waals surface area contributed by atoms with Crippen LogP contribution >= 0.6 is 46.4 Å². The summed E-state index contributed by atoms with van der Waals surface area (Å²) in [4.78, 5) is 26.6. The van der Waals surface area contributed by atoms with Crippen molar-refractivity contribution in [3.63, 3.8) is 0 Å². The first kappa shape index (κ1) is 23.8. The second kappa shape index (κ2) is 10.5. The average molecular weight is 477 g/mol. The van der Waals surface area contributed by atoms with E-state index in [1.54, 1.807) is 55.3 Å². The van der Waals surface area contributed by atoms with Crippen molar-refractivity contribution in [3.05, 3.63) is 62.1 Å². The van der Waals surface area contributed by atoms with E-state index in [9.17, 15) is 9.59 Å². The Labute approximate surface area is 190 Å². The number of benzene rings is 2. The molecule has 156 valence electrons. The number of halogens is 4. The van der Waals surface area contributed by atoms with Gasteiger partial charge in [-0.15, -0.1) is 0 Å². The molecule has 2 N–H and O–H groups in total. The molecule has 0 heterocycles. The molecule has 0 saturated carbocycles. The van der Waals surface area contributed by atoms with Crippen molar-refractivity contribution in [1.82, 2.24) is 10.2 Å². The monoisotopic (exact) mass is 475 g/mol. The molecule has 2 aromatic rings. The van der Waals surface area contributed by atoms with E-state index in [4.69, 9.17) is 46.4 Å². The molecule has 2 unspecified atom stereocenters. The van der Waals surface area contributed by atoms with Crippen molar-refractivity contribution in [3.8, 4) is 0 Å². The highest BCUT2D eigenvalue weighted by Gasteiger charge is 2.23. The third-order valence-corrected chi connectivity index (χ3v) is 5.64. The first-order valence-corrected chi connectivity index (χ1v) is 10.3. The molecule has 0 radical (unpaired) electrons. The minimum Gasteiger partial charge on any atom is -0.348 e. The standard InChI is InChI=1S/C20H21Cl4N3O2/c1-11(14-8-7-13(21)9-17(14)24)25-20(29)12(2)27(3)10-18(28)26-19-15(22)5-4-6-16(19)23/h4-9,11-12H,10H2,1-3H3,(H,25,29)(H,26,28). The van der Waals surface area contributed by atoms with Gasteiger partial charge in [0.15, 0.2) is 0 Å². The third kappa shape index (κ3) is 6.49. The van der Waals surface area contributed by atoms with E-state index >= 15 is 0 Å². The van der Waals surface area contributed by atoms with Crippen LogP contribution in [-0.2, 0) is 9.59 Å². The van der Waals surface area contributed by atoms with Gasteiger partial charge in [-0.25, -0.2) is 0 Å². The number of likely N-dealkylation sites (N-methyl/N-ethyl adjacent to an activating group) is 1. The summed E-state index contributed by atoms with van der Waals surface area (Å²) in [7, 11) is 1.68. The maximum absolute atomic E-state index is 12.6. The van der Waals surface area contributed by atoms with Gasteiger partial charge in [-0.2, -0.15) is 0 Å². The summed E-state index contributed by atoms with van der Waals surface area (Å²) in [6, 6.07) is 9.18. The number of carbonyl (C=O) groups excluding carboxylic acids is 2. The molecule has 2 aromatic carbocycles. The predicted molar refractivity (Wildman–Crippen MR) is 120 cm³/mol. The molecule has 0 aromatic heterocycles. The number of nitrogens with zero attached hydrogens (tertiary/aromatic N) is 1. The van der Waals surface area contributed by atoms with Crippen LogP contribution in [0.15, 0.2) is 36.4 Å². The van der Waals surface area contributed by atoms with Crippen molar-refractivity contribution in [2.24, 2.45) is 0 Å². The minimum atomic E-state index is -0.559. The van der Waals surface area contributed by atoms with Gasteiger partial charge in [-0.3, -0.25) is 14.5 Å². The van der Waals surface area contributed by atoms with Gasteiger partial charge >= 0.3 is 0 Å². The quantitative estimate of drug-likeness (QED) is 0.559. The molecular weight excluding hydrogens is 456 g/mol. The number of rotatable bonds is 7. The number of hydrogen-bond acceptors (Lipinski definition) is 3. The summed E-state index contributed by atoms with van der Waals surface area (Å²) in [5, 5.41) is 7.25. The number of carbonyl (C=O) groups is 2. The van der Waals surface area contributed by atoms with Crippen LogP contribution < -0.4 is 10.6 Å². The van der Waals surface area contributed by atoms with Crippen molar-refractivity contribution in [1.29, 1.82) is 0 Å². The first-order chi connectivity index (χ1) is 13.6. The lowest BCUT2D eigenvalue weighted by atomic mass is 10.1. The van der Waals surface area contributed by atoms with Crippen molar-refractivity contribution in [2.45, 2.75) is 25.9 Å². The minimum absolute atomic E-state index is 0.0216. The molecule has 0 aliphatic rings. The summed E-state index contributed by atoms with van der Waals surface area (Å²) in [6.45, 7) is 3.51. The van der Waals surface area contributed by atoms with E-state index in [0.29, 0.717) is 25.8 Å². The fourth-order valence-electron chi connectivity index (χ4n) is 2.62. The first-order valence-electron chi connectivity index (χ1n) is 8.79. The predicted octanol–water partition coefficient (Wildman–Crippen LogP) is 5.44. The Morgan fingerprint density at radius 2 is 1.62 bits per heavy atom. The third-order valence-electron chi connectivity index (χ3n) is 4.45. The van der Waals surface area contributed by atoms with Crippen LogP contribution in [0, 0.1) is 0 Å². The van der Waals surface area contributed by atoms with Crippen LogP contribution in [0.2, 0.25) is 20.1 Å². The van der Waals surface area contributed by atoms with E-state index in [1.165, 1.54) is 0 Å². The normalized spacial score (nSPS) is 13.1. The Hall–Kier alpha value is -1.50. The van der Waals surface area contributed by atoms with E-state index in [1.807, 2.05) is 6.92 Å². The van der Waals surface area contributed by atoms with E-state index in [0.717, 1.165) is 5.56 Å². The number of anilines is 1. The topological polar surface area (TPSA) is 61.4 Å². The van der Waals surface area contributed by atoms with Gasteiger partial charge in [-0.1, -0.05) is 58.5 Å². The highest BCUT2D eigenvalue weighted by molar-refractivity contribution is 6.39. The molecule has 0 spiro atoms. The largest absolute Gasteiger partial charge is 0.348 e. The molecule has 0 bridgehead atoms. The van der Waals surface area contributed by atoms with Crippen LogP contribution in [0.25, 0.3) is 0 Å². The van der Waals surface area contributed by atoms with Gasteiger partial charge in [0, 0.05) is 10.0 Å². The zero-order valence-electron chi connectivity index (χ0n) is 16.1. The Kier molecular flexibility index (Phi) is 8.61. The second-order valence-corrected chi connectivity index (χ2v) is 8.29. The smallest absolute Gasteiger partial charge is 0.238 e. The highest BCUT2D eigenvalue weighted by atomic mass is 35.5. The molecular formula is C20H21Cl4N3O2. The van der Waals surface area contributed by atoms with Gasteiger partial charge < -0.3 is 10.6 Å². The fourth-order valence-corrected chi connectivity index (χ4v) is 3.69. The van der Waals surface area contributed by atoms with E-state index in [2.05, 4.69) is 10.6 Å². The number of nitrogens with one attached hydrogen (secondary N) is 2. The summed E-state index contributed by atoms with van der Waals surface area (Å²) in [5.41, 5.74) is 1.10. The molecule has 0 saturated heterocycles. The van der Waals surface area contributed by atoms with Gasteiger partial charge in [0.05, 0.1) is 34.4 Å². The van der Waals surface area contributed by atoms with Crippen LogP contribution in [0.3, 0.4) is 0 Å². The van der Waals surface area contributed by atoms with Crippen molar-refractivity contribution >= 4 is 63.9 Å². The highest BCUT2D eigenvalue weighted by Crippen LogP contribution is 2.30. The van der Waals surface area contributed by atoms with Crippen molar-refractivity contribution < 1.29 is 9.59 Å². The Morgan fingerprint density at radius 1 is 1.00 bits per heavy atom. The van der Waals surface area contributed by atoms with E-state index in [-0.39, 0.29) is 24.4 Å². The van der Waals surface area contributed by atoms with Gasteiger partial charge in [0.1, 0.15) is 0 Å². The second-order valence-electron chi connectivity index (χ2n) is 6.63. The molecule has 5 nitrogen and oxygen atoms in total. The number of hydrogen-bond donors (Lipinski definition) is 2. The number of para-hydroxylation sites is 1. The molecule has 0 fully saturated rings. The zero-order valence-corrected chi connectivity index (χ0v) is 19.1. The van der Waals surface area contributed by atoms with Crippen molar-refractivity contribution in [2.75, 3.05) is 18.9 Å². The Bertz CT molecular complexity index is 887. The SMILES string of the molecule is CC(NC(=O)C(C)N(C)CC(=O)Nc1c(Cl)cccc1Cl)c1ccc(Cl)cc1Cl. The lowest BCUT2D eigenvalue weighted by Crippen LogP contribution is -2.46. The van der Waals surface area contributed by atoms with Crippen LogP contribution in [0.5, 0.6) is 0 Å². The maximum atomic E-state index is 12.6. The molecule has 29 heavy (non-hydrogen) atoms.